The minimum absolute atomic E-state index is 0.0858. The Hall–Kier alpha value is -1.88. The Morgan fingerprint density at radius 3 is 2.05 bits per heavy atom. The Kier molecular flexibility index (Phi) is 5.12. The molecule has 0 unspecified atom stereocenters. The predicted octanol–water partition coefficient (Wildman–Crippen LogP) is 0.249. The highest BCUT2D eigenvalue weighted by Crippen LogP contribution is 2.07. The lowest BCUT2D eigenvalue weighted by molar-refractivity contribution is -0.139. The zero-order valence-corrected chi connectivity index (χ0v) is 11.6. The van der Waals surface area contributed by atoms with E-state index in [0.29, 0.717) is 45.6 Å². The van der Waals surface area contributed by atoms with Crippen LogP contribution in [-0.4, -0.2) is 54.3 Å². The molecule has 1 saturated heterocycles. The fourth-order valence-corrected chi connectivity index (χ4v) is 2.37. The van der Waals surface area contributed by atoms with Crippen molar-refractivity contribution in [1.29, 1.82) is 0 Å². The first-order valence-electron chi connectivity index (χ1n) is 7.00. The molecule has 2 N–H and O–H groups in total. The number of benzene rings is 1. The molecule has 1 heterocycles. The number of carbonyl (C=O) groups is 2. The fraction of sp³-hybridized carbons (Fsp3) is 0.467. The number of piperazine rings is 1. The quantitative estimate of drug-likeness (QED) is 0.856. The summed E-state index contributed by atoms with van der Waals surface area (Å²) in [5.74, 6) is 0.213. The Bertz CT molecular complexity index is 453. The lowest BCUT2D eigenvalue weighted by Gasteiger charge is -2.34. The van der Waals surface area contributed by atoms with Crippen LogP contribution in [0.1, 0.15) is 12.0 Å². The molecule has 1 aromatic carbocycles. The van der Waals surface area contributed by atoms with Crippen molar-refractivity contribution in [1.82, 2.24) is 9.80 Å². The zero-order chi connectivity index (χ0) is 14.4. The van der Waals surface area contributed by atoms with Gasteiger partial charge in [0, 0.05) is 39.1 Å². The van der Waals surface area contributed by atoms with Gasteiger partial charge in [-0.2, -0.15) is 0 Å². The van der Waals surface area contributed by atoms with E-state index in [-0.39, 0.29) is 11.8 Å². The Balaban J connectivity index is 1.81. The van der Waals surface area contributed by atoms with E-state index in [9.17, 15) is 9.59 Å². The molecule has 0 aliphatic carbocycles. The standard InChI is InChI=1S/C15H21N3O2/c16-7-6-14(19)17-8-10-18(11-9-17)15(20)12-13-4-2-1-3-5-13/h1-5H,6-12,16H2. The summed E-state index contributed by atoms with van der Waals surface area (Å²) in [6, 6.07) is 9.73. The van der Waals surface area contributed by atoms with Crippen LogP contribution in [-0.2, 0) is 16.0 Å². The molecule has 1 aliphatic rings. The molecule has 0 spiro atoms. The van der Waals surface area contributed by atoms with Crippen LogP contribution in [0.5, 0.6) is 0 Å². The van der Waals surface area contributed by atoms with E-state index in [1.165, 1.54) is 0 Å². The van der Waals surface area contributed by atoms with Gasteiger partial charge in [0.25, 0.3) is 0 Å². The van der Waals surface area contributed by atoms with Gasteiger partial charge in [0.1, 0.15) is 0 Å². The van der Waals surface area contributed by atoms with Gasteiger partial charge in [0.15, 0.2) is 0 Å². The van der Waals surface area contributed by atoms with Gasteiger partial charge in [0.05, 0.1) is 6.42 Å². The molecular weight excluding hydrogens is 254 g/mol. The number of rotatable bonds is 4. The van der Waals surface area contributed by atoms with Crippen LogP contribution in [0, 0.1) is 0 Å². The number of amides is 2. The summed E-state index contributed by atoms with van der Waals surface area (Å²) in [4.78, 5) is 27.5. The third kappa shape index (κ3) is 3.81. The van der Waals surface area contributed by atoms with Crippen LogP contribution < -0.4 is 5.73 Å². The SMILES string of the molecule is NCCC(=O)N1CCN(C(=O)Cc2ccccc2)CC1. The third-order valence-electron chi connectivity index (χ3n) is 3.54. The normalized spacial score (nSPS) is 15.2. The van der Waals surface area contributed by atoms with Gasteiger partial charge in [-0.05, 0) is 5.56 Å². The van der Waals surface area contributed by atoms with Crippen molar-refractivity contribution in [2.24, 2.45) is 5.73 Å². The van der Waals surface area contributed by atoms with E-state index in [2.05, 4.69) is 0 Å². The van der Waals surface area contributed by atoms with Crippen molar-refractivity contribution in [3.8, 4) is 0 Å². The molecule has 1 fully saturated rings. The van der Waals surface area contributed by atoms with Crippen molar-refractivity contribution in [2.45, 2.75) is 12.8 Å². The lowest BCUT2D eigenvalue weighted by Crippen LogP contribution is -2.51. The number of hydrogen-bond acceptors (Lipinski definition) is 3. The summed E-state index contributed by atoms with van der Waals surface area (Å²) in [6.45, 7) is 2.83. The van der Waals surface area contributed by atoms with Crippen LogP contribution in [0.2, 0.25) is 0 Å². The van der Waals surface area contributed by atoms with E-state index in [1.54, 1.807) is 4.90 Å². The van der Waals surface area contributed by atoms with Crippen LogP contribution in [0.4, 0.5) is 0 Å². The molecule has 1 aliphatic heterocycles. The molecule has 0 atom stereocenters. The highest BCUT2D eigenvalue weighted by atomic mass is 16.2. The zero-order valence-electron chi connectivity index (χ0n) is 11.6. The Morgan fingerprint density at radius 1 is 0.950 bits per heavy atom. The van der Waals surface area contributed by atoms with Gasteiger partial charge in [0.2, 0.25) is 11.8 Å². The summed E-state index contributed by atoms with van der Waals surface area (Å²) >= 11 is 0. The third-order valence-corrected chi connectivity index (χ3v) is 3.54. The second kappa shape index (κ2) is 7.05. The number of carbonyl (C=O) groups excluding carboxylic acids is 2. The highest BCUT2D eigenvalue weighted by molar-refractivity contribution is 5.80. The van der Waals surface area contributed by atoms with E-state index >= 15 is 0 Å². The number of hydrogen-bond donors (Lipinski definition) is 1. The monoisotopic (exact) mass is 275 g/mol. The second-order valence-corrected chi connectivity index (χ2v) is 4.96. The van der Waals surface area contributed by atoms with Gasteiger partial charge in [-0.15, -0.1) is 0 Å². The number of nitrogens with two attached hydrogens (primary N) is 1. The molecule has 2 rings (SSSR count). The molecule has 0 saturated carbocycles. The Labute approximate surface area is 119 Å². The first-order chi connectivity index (χ1) is 9.70. The van der Waals surface area contributed by atoms with Crippen LogP contribution >= 0.6 is 0 Å². The first-order valence-corrected chi connectivity index (χ1v) is 7.00. The maximum absolute atomic E-state index is 12.2. The van der Waals surface area contributed by atoms with Crippen molar-refractivity contribution >= 4 is 11.8 Å². The van der Waals surface area contributed by atoms with Gasteiger partial charge in [-0.1, -0.05) is 30.3 Å². The summed E-state index contributed by atoms with van der Waals surface area (Å²) in [6.07, 6.45) is 0.815. The molecule has 0 radical (unpaired) electrons. The molecule has 108 valence electrons. The Morgan fingerprint density at radius 2 is 1.50 bits per heavy atom. The van der Waals surface area contributed by atoms with Crippen LogP contribution in [0.3, 0.4) is 0 Å². The molecule has 2 amide bonds. The number of nitrogens with zero attached hydrogens (tertiary/aromatic N) is 2. The van der Waals surface area contributed by atoms with E-state index in [0.717, 1.165) is 5.56 Å². The largest absolute Gasteiger partial charge is 0.339 e. The molecular formula is C15H21N3O2. The fourth-order valence-electron chi connectivity index (χ4n) is 2.37. The first kappa shape index (κ1) is 14.5. The van der Waals surface area contributed by atoms with Gasteiger partial charge in [-0.25, -0.2) is 0 Å². The van der Waals surface area contributed by atoms with Crippen molar-refractivity contribution in [3.63, 3.8) is 0 Å². The van der Waals surface area contributed by atoms with Crippen LogP contribution in [0.25, 0.3) is 0 Å². The molecule has 5 nitrogen and oxygen atoms in total. The molecule has 1 aromatic rings. The van der Waals surface area contributed by atoms with Gasteiger partial charge in [-0.3, -0.25) is 9.59 Å². The average Bonchev–Trinajstić information content (AvgIpc) is 2.48. The predicted molar refractivity (Wildman–Crippen MR) is 77.0 cm³/mol. The summed E-state index contributed by atoms with van der Waals surface area (Å²) in [7, 11) is 0. The second-order valence-electron chi connectivity index (χ2n) is 4.96. The van der Waals surface area contributed by atoms with E-state index in [4.69, 9.17) is 5.73 Å². The lowest BCUT2D eigenvalue weighted by atomic mass is 10.1. The van der Waals surface area contributed by atoms with Crippen LogP contribution in [0.15, 0.2) is 30.3 Å². The topological polar surface area (TPSA) is 66.6 Å². The smallest absolute Gasteiger partial charge is 0.227 e. The van der Waals surface area contributed by atoms with Gasteiger partial charge >= 0.3 is 0 Å². The molecule has 5 heteroatoms. The minimum atomic E-state index is 0.0858. The van der Waals surface area contributed by atoms with Crippen molar-refractivity contribution in [2.75, 3.05) is 32.7 Å². The highest BCUT2D eigenvalue weighted by Gasteiger charge is 2.23. The maximum Gasteiger partial charge on any atom is 0.227 e. The summed E-state index contributed by atoms with van der Waals surface area (Å²) < 4.78 is 0. The van der Waals surface area contributed by atoms with E-state index < -0.39 is 0 Å². The van der Waals surface area contributed by atoms with Gasteiger partial charge < -0.3 is 15.5 Å². The van der Waals surface area contributed by atoms with Crippen molar-refractivity contribution < 1.29 is 9.59 Å². The summed E-state index contributed by atoms with van der Waals surface area (Å²) in [5.41, 5.74) is 6.41. The average molecular weight is 275 g/mol. The molecule has 20 heavy (non-hydrogen) atoms. The van der Waals surface area contributed by atoms with E-state index in [1.807, 2.05) is 35.2 Å². The minimum Gasteiger partial charge on any atom is -0.339 e. The maximum atomic E-state index is 12.2. The summed E-state index contributed by atoms with van der Waals surface area (Å²) in [5, 5.41) is 0. The molecule has 0 bridgehead atoms. The van der Waals surface area contributed by atoms with Crippen molar-refractivity contribution in [3.05, 3.63) is 35.9 Å². The molecule has 0 aromatic heterocycles.